The molecule has 1 unspecified atom stereocenters. The average Bonchev–Trinajstić information content (AvgIpc) is 2.52. The maximum absolute atomic E-state index is 12.3. The highest BCUT2D eigenvalue weighted by molar-refractivity contribution is 7.98. The van der Waals surface area contributed by atoms with Crippen molar-refractivity contribution in [2.24, 2.45) is 11.8 Å². The van der Waals surface area contributed by atoms with Gasteiger partial charge in [-0.15, -0.1) is 11.8 Å². The first-order valence-corrected chi connectivity index (χ1v) is 9.95. The van der Waals surface area contributed by atoms with E-state index in [1.54, 1.807) is 11.8 Å². The summed E-state index contributed by atoms with van der Waals surface area (Å²) in [4.78, 5) is 14.8. The summed E-state index contributed by atoms with van der Waals surface area (Å²) >= 11 is 1.76. The van der Waals surface area contributed by atoms with Crippen molar-refractivity contribution in [3.05, 3.63) is 29.8 Å². The zero-order chi connectivity index (χ0) is 16.8. The molecule has 0 saturated heterocycles. The Hall–Kier alpha value is -1.00. The Balaban J connectivity index is 1.79. The van der Waals surface area contributed by atoms with E-state index in [0.29, 0.717) is 24.4 Å². The number of thioether (sulfide) groups is 1. The van der Waals surface area contributed by atoms with Gasteiger partial charge >= 0.3 is 0 Å². The van der Waals surface area contributed by atoms with Crippen molar-refractivity contribution in [2.45, 2.75) is 50.6 Å². The van der Waals surface area contributed by atoms with Gasteiger partial charge in [0, 0.05) is 16.5 Å². The number of hydrogen-bond acceptors (Lipinski definition) is 2. The monoisotopic (exact) mass is 335 g/mol. The van der Waals surface area contributed by atoms with E-state index in [0.717, 1.165) is 13.0 Å². The molecule has 2 N–H and O–H groups in total. The molecule has 1 fully saturated rings. The largest absolute Gasteiger partial charge is 0.348 e. The standard InChI is InChI=1S/C19H30N2OS/c1-14-6-5-7-18(15(14)2)20-19(22)13-21(3)12-16-8-10-17(23-4)11-9-16/h8-11,14-15,18H,5-7,12-13H2,1-4H3,(H,20,22)/p+1/t14-,15-,18-/m1/s1. The molecule has 0 spiro atoms. The lowest BCUT2D eigenvalue weighted by Gasteiger charge is -2.34. The molecule has 2 rings (SSSR count). The minimum Gasteiger partial charge on any atom is -0.348 e. The summed E-state index contributed by atoms with van der Waals surface area (Å²) in [6.07, 6.45) is 5.75. The van der Waals surface area contributed by atoms with E-state index < -0.39 is 0 Å². The number of carbonyl (C=O) groups excluding carboxylic acids is 1. The summed E-state index contributed by atoms with van der Waals surface area (Å²) < 4.78 is 0. The third-order valence-electron chi connectivity index (χ3n) is 5.18. The quantitative estimate of drug-likeness (QED) is 0.783. The smallest absolute Gasteiger partial charge is 0.275 e. The van der Waals surface area contributed by atoms with E-state index in [-0.39, 0.29) is 5.91 Å². The van der Waals surface area contributed by atoms with Gasteiger partial charge in [-0.1, -0.05) is 38.8 Å². The van der Waals surface area contributed by atoms with Gasteiger partial charge < -0.3 is 10.2 Å². The molecule has 1 aliphatic carbocycles. The van der Waals surface area contributed by atoms with Gasteiger partial charge in [0.05, 0.1) is 7.05 Å². The van der Waals surface area contributed by atoms with Gasteiger partial charge in [-0.3, -0.25) is 4.79 Å². The molecule has 0 aromatic heterocycles. The first-order valence-electron chi connectivity index (χ1n) is 8.73. The minimum atomic E-state index is 0.189. The summed E-state index contributed by atoms with van der Waals surface area (Å²) in [6, 6.07) is 8.99. The molecule has 1 aliphatic rings. The molecule has 0 radical (unpaired) electrons. The van der Waals surface area contributed by atoms with Crippen molar-refractivity contribution in [3.8, 4) is 0 Å². The number of benzene rings is 1. The molecule has 1 saturated carbocycles. The van der Waals surface area contributed by atoms with Crippen molar-refractivity contribution >= 4 is 17.7 Å². The summed E-state index contributed by atoms with van der Waals surface area (Å²) in [5, 5.41) is 3.27. The lowest BCUT2D eigenvalue weighted by molar-refractivity contribution is -0.885. The molecule has 3 nitrogen and oxygen atoms in total. The van der Waals surface area contributed by atoms with Crippen LogP contribution in [0.3, 0.4) is 0 Å². The Morgan fingerprint density at radius 3 is 2.61 bits per heavy atom. The van der Waals surface area contributed by atoms with Gasteiger partial charge in [-0.05, 0) is 36.6 Å². The first kappa shape index (κ1) is 18.3. The van der Waals surface area contributed by atoms with E-state index in [2.05, 4.69) is 56.7 Å². The number of quaternary nitrogens is 1. The Morgan fingerprint density at radius 2 is 1.96 bits per heavy atom. The van der Waals surface area contributed by atoms with Crippen LogP contribution >= 0.6 is 11.8 Å². The van der Waals surface area contributed by atoms with E-state index in [9.17, 15) is 4.79 Å². The van der Waals surface area contributed by atoms with Crippen LogP contribution in [0.1, 0.15) is 38.7 Å². The van der Waals surface area contributed by atoms with Crippen LogP contribution in [0.25, 0.3) is 0 Å². The van der Waals surface area contributed by atoms with Crippen molar-refractivity contribution in [1.29, 1.82) is 0 Å². The van der Waals surface area contributed by atoms with Gasteiger partial charge in [0.15, 0.2) is 6.54 Å². The number of carbonyl (C=O) groups is 1. The summed E-state index contributed by atoms with van der Waals surface area (Å²) in [6.45, 7) is 6.01. The van der Waals surface area contributed by atoms with Gasteiger partial charge in [-0.2, -0.15) is 0 Å². The third kappa shape index (κ3) is 5.54. The van der Waals surface area contributed by atoms with Gasteiger partial charge in [0.2, 0.25) is 0 Å². The van der Waals surface area contributed by atoms with Crippen LogP contribution in [-0.2, 0) is 11.3 Å². The Morgan fingerprint density at radius 1 is 1.26 bits per heavy atom. The molecule has 1 aromatic carbocycles. The van der Waals surface area contributed by atoms with Crippen LogP contribution in [0.5, 0.6) is 0 Å². The summed E-state index contributed by atoms with van der Waals surface area (Å²) in [5.74, 6) is 1.50. The lowest BCUT2D eigenvalue weighted by Crippen LogP contribution is -3.09. The Kier molecular flexibility index (Phi) is 6.97. The highest BCUT2D eigenvalue weighted by atomic mass is 32.2. The van der Waals surface area contributed by atoms with Crippen LogP contribution in [0.2, 0.25) is 0 Å². The molecule has 0 aliphatic heterocycles. The first-order chi connectivity index (χ1) is 11.0. The number of hydrogen-bond donors (Lipinski definition) is 2. The Bertz CT molecular complexity index is 503. The number of likely N-dealkylation sites (N-methyl/N-ethyl adjacent to an activating group) is 1. The average molecular weight is 336 g/mol. The van der Waals surface area contributed by atoms with Gasteiger partial charge in [0.25, 0.3) is 5.91 Å². The van der Waals surface area contributed by atoms with Crippen molar-refractivity contribution in [3.63, 3.8) is 0 Å². The number of amides is 1. The van der Waals surface area contributed by atoms with Crippen LogP contribution in [0.15, 0.2) is 29.2 Å². The molecule has 1 aromatic rings. The van der Waals surface area contributed by atoms with Gasteiger partial charge in [0.1, 0.15) is 6.54 Å². The molecule has 4 heteroatoms. The fourth-order valence-corrected chi connectivity index (χ4v) is 3.88. The van der Waals surface area contributed by atoms with Crippen molar-refractivity contribution < 1.29 is 9.69 Å². The van der Waals surface area contributed by atoms with E-state index in [1.165, 1.54) is 28.2 Å². The molecule has 1 amide bonds. The molecular weight excluding hydrogens is 304 g/mol. The topological polar surface area (TPSA) is 33.5 Å². The van der Waals surface area contributed by atoms with E-state index in [4.69, 9.17) is 0 Å². The molecule has 0 heterocycles. The minimum absolute atomic E-state index is 0.189. The van der Waals surface area contributed by atoms with Crippen LogP contribution in [-0.4, -0.2) is 31.8 Å². The van der Waals surface area contributed by atoms with Gasteiger partial charge in [-0.25, -0.2) is 0 Å². The van der Waals surface area contributed by atoms with Crippen LogP contribution in [0, 0.1) is 11.8 Å². The fraction of sp³-hybridized carbons (Fsp3) is 0.632. The third-order valence-corrected chi connectivity index (χ3v) is 5.92. The van der Waals surface area contributed by atoms with Crippen molar-refractivity contribution in [1.82, 2.24) is 5.32 Å². The second-order valence-corrected chi connectivity index (χ2v) is 7.98. The second kappa shape index (κ2) is 8.74. The maximum Gasteiger partial charge on any atom is 0.275 e. The SMILES string of the molecule is CSc1ccc(C[NH+](C)CC(=O)N[C@@H]2CCC[C@@H](C)[C@H]2C)cc1. The highest BCUT2D eigenvalue weighted by Gasteiger charge is 2.28. The number of nitrogens with one attached hydrogen (secondary N) is 2. The Labute approximate surface area is 145 Å². The molecule has 128 valence electrons. The predicted molar refractivity (Wildman–Crippen MR) is 97.8 cm³/mol. The summed E-state index contributed by atoms with van der Waals surface area (Å²) in [5.41, 5.74) is 1.28. The number of rotatable bonds is 6. The zero-order valence-electron chi connectivity index (χ0n) is 14.9. The summed E-state index contributed by atoms with van der Waals surface area (Å²) in [7, 11) is 2.09. The molecular formula is C19H31N2OS+. The second-order valence-electron chi connectivity index (χ2n) is 7.10. The van der Waals surface area contributed by atoms with Crippen LogP contribution in [0.4, 0.5) is 0 Å². The molecule has 23 heavy (non-hydrogen) atoms. The lowest BCUT2D eigenvalue weighted by atomic mass is 9.78. The maximum atomic E-state index is 12.3. The van der Waals surface area contributed by atoms with Crippen molar-refractivity contribution in [2.75, 3.05) is 19.8 Å². The molecule has 0 bridgehead atoms. The predicted octanol–water partition coefficient (Wildman–Crippen LogP) is 2.36. The highest BCUT2D eigenvalue weighted by Crippen LogP contribution is 2.29. The normalized spacial score (nSPS) is 25.8. The van der Waals surface area contributed by atoms with E-state index in [1.807, 2.05) is 0 Å². The molecule has 4 atom stereocenters. The fourth-order valence-electron chi connectivity index (χ4n) is 3.47. The van der Waals surface area contributed by atoms with Crippen LogP contribution < -0.4 is 10.2 Å². The zero-order valence-corrected chi connectivity index (χ0v) is 15.7. The van der Waals surface area contributed by atoms with E-state index >= 15 is 0 Å².